The zero-order valence-corrected chi connectivity index (χ0v) is 10.3. The largest absolute Gasteiger partial charge is 0.387 e. The van der Waals surface area contributed by atoms with E-state index in [1.165, 1.54) is 12.8 Å². The van der Waals surface area contributed by atoms with Crippen LogP contribution in [0.25, 0.3) is 0 Å². The zero-order chi connectivity index (χ0) is 11.3. The molecule has 0 aromatic rings. The molecular formula is C12H26N2O. The Morgan fingerprint density at radius 1 is 1.47 bits per heavy atom. The third kappa shape index (κ3) is 3.74. The average Bonchev–Trinajstić information content (AvgIpc) is 2.26. The molecule has 0 saturated carbocycles. The van der Waals surface area contributed by atoms with Crippen molar-refractivity contribution in [3.05, 3.63) is 0 Å². The molecule has 0 aromatic carbocycles. The fourth-order valence-corrected chi connectivity index (χ4v) is 2.34. The minimum atomic E-state index is -0.621. The number of likely N-dealkylation sites (N-methyl/N-ethyl adjacent to an activating group) is 1. The van der Waals surface area contributed by atoms with Gasteiger partial charge in [0.05, 0.1) is 5.60 Å². The van der Waals surface area contributed by atoms with Gasteiger partial charge >= 0.3 is 0 Å². The van der Waals surface area contributed by atoms with Crippen LogP contribution in [-0.4, -0.2) is 36.4 Å². The molecule has 1 saturated heterocycles. The van der Waals surface area contributed by atoms with Gasteiger partial charge in [0.25, 0.3) is 0 Å². The fraction of sp³-hybridized carbons (Fsp3) is 1.00. The number of hydrogen-bond acceptors (Lipinski definition) is 3. The number of rotatable bonds is 5. The molecule has 1 fully saturated rings. The molecule has 3 nitrogen and oxygen atoms in total. The van der Waals surface area contributed by atoms with Crippen LogP contribution in [0.15, 0.2) is 0 Å². The maximum absolute atomic E-state index is 10.4. The van der Waals surface area contributed by atoms with Gasteiger partial charge in [-0.25, -0.2) is 0 Å². The van der Waals surface area contributed by atoms with Gasteiger partial charge in [0, 0.05) is 12.6 Å². The van der Waals surface area contributed by atoms with Crippen molar-refractivity contribution in [2.24, 2.45) is 5.92 Å². The molecule has 0 aliphatic carbocycles. The number of piperidine rings is 1. The summed E-state index contributed by atoms with van der Waals surface area (Å²) in [5.74, 6) is 0.782. The van der Waals surface area contributed by atoms with Crippen molar-refractivity contribution in [1.82, 2.24) is 10.6 Å². The predicted molar refractivity (Wildman–Crippen MR) is 64.0 cm³/mol. The molecule has 1 aliphatic rings. The fourth-order valence-electron chi connectivity index (χ4n) is 2.34. The Morgan fingerprint density at radius 2 is 2.20 bits per heavy atom. The quantitative estimate of drug-likeness (QED) is 0.643. The van der Waals surface area contributed by atoms with E-state index in [1.54, 1.807) is 0 Å². The maximum atomic E-state index is 10.4. The second kappa shape index (κ2) is 5.83. The molecule has 3 unspecified atom stereocenters. The Labute approximate surface area is 93.6 Å². The highest BCUT2D eigenvalue weighted by atomic mass is 16.3. The van der Waals surface area contributed by atoms with E-state index in [-0.39, 0.29) is 6.04 Å². The van der Waals surface area contributed by atoms with Gasteiger partial charge in [0.15, 0.2) is 0 Å². The summed E-state index contributed by atoms with van der Waals surface area (Å²) in [6.07, 6.45) is 3.59. The number of hydrogen-bond donors (Lipinski definition) is 3. The van der Waals surface area contributed by atoms with E-state index in [2.05, 4.69) is 24.5 Å². The Hall–Kier alpha value is -0.120. The van der Waals surface area contributed by atoms with Gasteiger partial charge in [0.1, 0.15) is 0 Å². The molecule has 0 radical (unpaired) electrons. The number of nitrogens with one attached hydrogen (secondary N) is 2. The monoisotopic (exact) mass is 214 g/mol. The summed E-state index contributed by atoms with van der Waals surface area (Å²) >= 11 is 0. The maximum Gasteiger partial charge on any atom is 0.0895 e. The first-order valence-corrected chi connectivity index (χ1v) is 6.26. The van der Waals surface area contributed by atoms with Gasteiger partial charge in [-0.1, -0.05) is 20.3 Å². The van der Waals surface area contributed by atoms with E-state index in [4.69, 9.17) is 0 Å². The Balaban J connectivity index is 2.45. The van der Waals surface area contributed by atoms with Crippen LogP contribution in [-0.2, 0) is 0 Å². The van der Waals surface area contributed by atoms with Crippen LogP contribution in [0.4, 0.5) is 0 Å². The topological polar surface area (TPSA) is 44.3 Å². The van der Waals surface area contributed by atoms with Gasteiger partial charge in [-0.2, -0.15) is 0 Å². The first-order valence-electron chi connectivity index (χ1n) is 6.26. The highest BCUT2D eigenvalue weighted by molar-refractivity contribution is 4.93. The van der Waals surface area contributed by atoms with E-state index in [0.717, 1.165) is 25.4 Å². The lowest BCUT2D eigenvalue weighted by Crippen LogP contribution is -2.57. The first-order chi connectivity index (χ1) is 7.10. The van der Waals surface area contributed by atoms with Crippen molar-refractivity contribution in [3.8, 4) is 0 Å². The average molecular weight is 214 g/mol. The Kier molecular flexibility index (Phi) is 5.03. The van der Waals surface area contributed by atoms with Gasteiger partial charge in [-0.15, -0.1) is 0 Å². The van der Waals surface area contributed by atoms with Crippen molar-refractivity contribution in [2.45, 2.75) is 51.7 Å². The van der Waals surface area contributed by atoms with Crippen molar-refractivity contribution in [1.29, 1.82) is 0 Å². The smallest absolute Gasteiger partial charge is 0.0895 e. The van der Waals surface area contributed by atoms with Crippen LogP contribution in [0.2, 0.25) is 0 Å². The molecule has 0 bridgehead atoms. The molecule has 0 aromatic heterocycles. The number of aliphatic hydroxyl groups is 1. The molecule has 90 valence electrons. The third-order valence-electron chi connectivity index (χ3n) is 3.57. The normalized spacial score (nSPS) is 31.2. The summed E-state index contributed by atoms with van der Waals surface area (Å²) in [5, 5.41) is 17.0. The summed E-state index contributed by atoms with van der Waals surface area (Å²) in [4.78, 5) is 0. The van der Waals surface area contributed by atoms with Crippen molar-refractivity contribution >= 4 is 0 Å². The lowest BCUT2D eigenvalue weighted by molar-refractivity contribution is 0.00258. The van der Waals surface area contributed by atoms with E-state index in [9.17, 15) is 5.11 Å². The van der Waals surface area contributed by atoms with Crippen LogP contribution < -0.4 is 10.6 Å². The summed E-state index contributed by atoms with van der Waals surface area (Å²) < 4.78 is 0. The standard InChI is InChI=1S/C12H26N2O/c1-4-10-6-7-14-11(8-10)12(3,15)9-13-5-2/h10-11,13-15H,4-9H2,1-3H3. The van der Waals surface area contributed by atoms with Crippen LogP contribution in [0.1, 0.15) is 40.0 Å². The van der Waals surface area contributed by atoms with Crippen LogP contribution in [0, 0.1) is 5.92 Å². The van der Waals surface area contributed by atoms with E-state index >= 15 is 0 Å². The lowest BCUT2D eigenvalue weighted by atomic mass is 9.82. The Bertz CT molecular complexity index is 182. The summed E-state index contributed by atoms with van der Waals surface area (Å²) in [5.41, 5.74) is -0.621. The predicted octanol–water partition coefficient (Wildman–Crippen LogP) is 1.13. The minimum absolute atomic E-state index is 0.246. The van der Waals surface area contributed by atoms with Gasteiger partial charge < -0.3 is 15.7 Å². The second-order valence-corrected chi connectivity index (χ2v) is 4.94. The molecule has 3 N–H and O–H groups in total. The van der Waals surface area contributed by atoms with Crippen molar-refractivity contribution < 1.29 is 5.11 Å². The van der Waals surface area contributed by atoms with Gasteiger partial charge in [-0.05, 0) is 38.8 Å². The van der Waals surface area contributed by atoms with Crippen LogP contribution in [0.3, 0.4) is 0 Å². The lowest BCUT2D eigenvalue weighted by Gasteiger charge is -2.39. The van der Waals surface area contributed by atoms with Gasteiger partial charge in [0.2, 0.25) is 0 Å². The first kappa shape index (κ1) is 12.9. The summed E-state index contributed by atoms with van der Waals surface area (Å²) in [7, 11) is 0. The zero-order valence-electron chi connectivity index (χ0n) is 10.3. The molecule has 1 rings (SSSR count). The second-order valence-electron chi connectivity index (χ2n) is 4.94. The molecule has 1 aliphatic heterocycles. The SMILES string of the molecule is CCNCC(C)(O)C1CC(CC)CCN1. The highest BCUT2D eigenvalue weighted by Gasteiger charge is 2.34. The molecular weight excluding hydrogens is 188 g/mol. The molecule has 0 amide bonds. The van der Waals surface area contributed by atoms with E-state index < -0.39 is 5.60 Å². The van der Waals surface area contributed by atoms with Gasteiger partial charge in [-0.3, -0.25) is 0 Å². The van der Waals surface area contributed by atoms with Crippen molar-refractivity contribution in [2.75, 3.05) is 19.6 Å². The van der Waals surface area contributed by atoms with Crippen LogP contribution in [0.5, 0.6) is 0 Å². The van der Waals surface area contributed by atoms with E-state index in [1.807, 2.05) is 6.92 Å². The molecule has 3 atom stereocenters. The summed E-state index contributed by atoms with van der Waals surface area (Å²) in [6.45, 7) is 8.89. The molecule has 1 heterocycles. The van der Waals surface area contributed by atoms with Crippen LogP contribution >= 0.6 is 0 Å². The van der Waals surface area contributed by atoms with Crippen molar-refractivity contribution in [3.63, 3.8) is 0 Å². The highest BCUT2D eigenvalue weighted by Crippen LogP contribution is 2.25. The summed E-state index contributed by atoms with van der Waals surface area (Å²) in [6, 6.07) is 0.246. The third-order valence-corrected chi connectivity index (χ3v) is 3.57. The molecule has 15 heavy (non-hydrogen) atoms. The van der Waals surface area contributed by atoms with E-state index in [0.29, 0.717) is 6.54 Å². The molecule has 3 heteroatoms. The Morgan fingerprint density at radius 3 is 2.80 bits per heavy atom. The molecule has 0 spiro atoms. The minimum Gasteiger partial charge on any atom is -0.387 e.